The molecule has 4 heteroatoms. The summed E-state index contributed by atoms with van der Waals surface area (Å²) in [6.07, 6.45) is 9.27. The molecule has 1 heterocycles. The Balaban J connectivity index is 1.55. The van der Waals surface area contributed by atoms with Crippen LogP contribution in [0.4, 0.5) is 4.39 Å². The maximum atomic E-state index is 14.1. The SMILES string of the molecule is CC12CCC(=O)C=C1CCC1C2=CCC2(C)C1CC[C@@]21CC(F)C(=O)O1. The molecule has 140 valence electrons. The number of hydrogen-bond donors (Lipinski definition) is 0. The van der Waals surface area contributed by atoms with Crippen LogP contribution in [-0.4, -0.2) is 23.5 Å². The van der Waals surface area contributed by atoms with Crippen molar-refractivity contribution in [3.05, 3.63) is 23.3 Å². The number of carbonyl (C=O) groups is 2. The van der Waals surface area contributed by atoms with E-state index in [1.807, 2.05) is 6.08 Å². The van der Waals surface area contributed by atoms with E-state index in [0.717, 1.165) is 38.5 Å². The Hall–Kier alpha value is -1.45. The van der Waals surface area contributed by atoms with Crippen LogP contribution in [0.25, 0.3) is 0 Å². The number of fused-ring (bicyclic) bond motifs is 6. The molecule has 0 radical (unpaired) electrons. The van der Waals surface area contributed by atoms with Gasteiger partial charge in [-0.15, -0.1) is 0 Å². The highest BCUT2D eigenvalue weighted by Crippen LogP contribution is 2.68. The molecule has 0 amide bonds. The average Bonchev–Trinajstić information content (AvgIpc) is 3.05. The van der Waals surface area contributed by atoms with Gasteiger partial charge in [-0.05, 0) is 56.4 Å². The lowest BCUT2D eigenvalue weighted by atomic mass is 9.50. The van der Waals surface area contributed by atoms with Gasteiger partial charge < -0.3 is 4.74 Å². The molecule has 6 atom stereocenters. The molecule has 2 saturated carbocycles. The molecule has 0 bridgehead atoms. The first-order chi connectivity index (χ1) is 12.3. The summed E-state index contributed by atoms with van der Waals surface area (Å²) in [6, 6.07) is 0. The number of rotatable bonds is 0. The van der Waals surface area contributed by atoms with E-state index in [-0.39, 0.29) is 23.0 Å². The van der Waals surface area contributed by atoms with Crippen LogP contribution in [0.5, 0.6) is 0 Å². The molecule has 1 aliphatic heterocycles. The van der Waals surface area contributed by atoms with Gasteiger partial charge in [0.25, 0.3) is 0 Å². The minimum Gasteiger partial charge on any atom is -0.456 e. The van der Waals surface area contributed by atoms with Crippen LogP contribution in [0.15, 0.2) is 23.3 Å². The summed E-state index contributed by atoms with van der Waals surface area (Å²) in [5.41, 5.74) is 2.05. The molecule has 26 heavy (non-hydrogen) atoms. The molecule has 5 unspecified atom stereocenters. The van der Waals surface area contributed by atoms with Gasteiger partial charge in [-0.3, -0.25) is 4.79 Å². The molecule has 5 rings (SSSR count). The Labute approximate surface area is 154 Å². The first kappa shape index (κ1) is 16.7. The molecule has 0 aromatic heterocycles. The lowest BCUT2D eigenvalue weighted by Crippen LogP contribution is -2.50. The van der Waals surface area contributed by atoms with E-state index in [1.165, 1.54) is 11.1 Å². The van der Waals surface area contributed by atoms with Gasteiger partial charge in [-0.1, -0.05) is 31.1 Å². The summed E-state index contributed by atoms with van der Waals surface area (Å²) < 4.78 is 19.8. The zero-order valence-electron chi connectivity index (χ0n) is 15.6. The van der Waals surface area contributed by atoms with Crippen molar-refractivity contribution in [2.75, 3.05) is 0 Å². The molecule has 3 nitrogen and oxygen atoms in total. The van der Waals surface area contributed by atoms with Crippen molar-refractivity contribution in [1.29, 1.82) is 0 Å². The number of carbonyl (C=O) groups excluding carboxylic acids is 2. The minimum absolute atomic E-state index is 0.0168. The van der Waals surface area contributed by atoms with E-state index in [4.69, 9.17) is 4.74 Å². The second-order valence-electron chi connectivity index (χ2n) is 9.63. The predicted molar refractivity (Wildman–Crippen MR) is 95.0 cm³/mol. The molecule has 3 fully saturated rings. The number of ketones is 1. The van der Waals surface area contributed by atoms with Gasteiger partial charge in [0.15, 0.2) is 5.78 Å². The number of allylic oxidation sites excluding steroid dienone is 4. The van der Waals surface area contributed by atoms with Crippen LogP contribution in [0.3, 0.4) is 0 Å². The minimum atomic E-state index is -1.46. The Morgan fingerprint density at radius 3 is 2.69 bits per heavy atom. The van der Waals surface area contributed by atoms with Gasteiger partial charge in [0.1, 0.15) is 5.60 Å². The van der Waals surface area contributed by atoms with Gasteiger partial charge >= 0.3 is 5.97 Å². The van der Waals surface area contributed by atoms with Crippen LogP contribution >= 0.6 is 0 Å². The summed E-state index contributed by atoms with van der Waals surface area (Å²) in [4.78, 5) is 23.8. The van der Waals surface area contributed by atoms with Gasteiger partial charge in [0.05, 0.1) is 0 Å². The molecule has 0 aromatic rings. The average molecular weight is 358 g/mol. The third-order valence-electron chi connectivity index (χ3n) is 8.69. The van der Waals surface area contributed by atoms with Crippen LogP contribution in [-0.2, 0) is 14.3 Å². The van der Waals surface area contributed by atoms with Crippen molar-refractivity contribution in [1.82, 2.24) is 0 Å². The van der Waals surface area contributed by atoms with E-state index < -0.39 is 17.7 Å². The molecular weight excluding hydrogens is 331 g/mol. The molecule has 0 N–H and O–H groups in total. The molecule has 1 spiro atoms. The normalized spacial score (nSPS) is 49.9. The van der Waals surface area contributed by atoms with Crippen LogP contribution < -0.4 is 0 Å². The monoisotopic (exact) mass is 358 g/mol. The summed E-state index contributed by atoms with van der Waals surface area (Å²) in [5, 5.41) is 0. The summed E-state index contributed by atoms with van der Waals surface area (Å²) >= 11 is 0. The first-order valence-electron chi connectivity index (χ1n) is 10.1. The van der Waals surface area contributed by atoms with Gasteiger partial charge in [-0.2, -0.15) is 0 Å². The fourth-order valence-electron chi connectivity index (χ4n) is 7.12. The van der Waals surface area contributed by atoms with E-state index in [2.05, 4.69) is 19.9 Å². The zero-order chi connectivity index (χ0) is 18.3. The molecular formula is C22H27FO3. The highest BCUT2D eigenvalue weighted by atomic mass is 19.1. The summed E-state index contributed by atoms with van der Waals surface area (Å²) in [5.74, 6) is 0.523. The third kappa shape index (κ3) is 1.88. The smallest absolute Gasteiger partial charge is 0.341 e. The lowest BCUT2D eigenvalue weighted by molar-refractivity contribution is -0.161. The van der Waals surface area contributed by atoms with E-state index >= 15 is 0 Å². The summed E-state index contributed by atoms with van der Waals surface area (Å²) in [6.45, 7) is 4.53. The second kappa shape index (κ2) is 5.08. The lowest BCUT2D eigenvalue weighted by Gasteiger charge is -2.54. The maximum absolute atomic E-state index is 14.1. The number of ether oxygens (including phenoxy) is 1. The Bertz CT molecular complexity index is 767. The fraction of sp³-hybridized carbons (Fsp3) is 0.727. The third-order valence-corrected chi connectivity index (χ3v) is 8.69. The highest BCUT2D eigenvalue weighted by Gasteiger charge is 2.67. The molecule has 1 saturated heterocycles. The Morgan fingerprint density at radius 2 is 1.96 bits per heavy atom. The highest BCUT2D eigenvalue weighted by molar-refractivity contribution is 5.92. The van der Waals surface area contributed by atoms with E-state index in [1.54, 1.807) is 0 Å². The quantitative estimate of drug-likeness (QED) is 0.474. The molecule has 0 aromatic carbocycles. The van der Waals surface area contributed by atoms with Crippen LogP contribution in [0, 0.1) is 22.7 Å². The van der Waals surface area contributed by atoms with Crippen molar-refractivity contribution < 1.29 is 18.7 Å². The summed E-state index contributed by atoms with van der Waals surface area (Å²) in [7, 11) is 0. The van der Waals surface area contributed by atoms with Gasteiger partial charge in [0.2, 0.25) is 6.17 Å². The topological polar surface area (TPSA) is 43.4 Å². The largest absolute Gasteiger partial charge is 0.456 e. The van der Waals surface area contributed by atoms with Crippen molar-refractivity contribution >= 4 is 11.8 Å². The molecule has 5 aliphatic rings. The van der Waals surface area contributed by atoms with Gasteiger partial charge in [-0.25, -0.2) is 9.18 Å². The van der Waals surface area contributed by atoms with Crippen LogP contribution in [0.2, 0.25) is 0 Å². The number of alkyl halides is 1. The fourth-order valence-corrected chi connectivity index (χ4v) is 7.12. The van der Waals surface area contributed by atoms with E-state index in [9.17, 15) is 14.0 Å². The Morgan fingerprint density at radius 1 is 1.15 bits per heavy atom. The van der Waals surface area contributed by atoms with Crippen LogP contribution in [0.1, 0.15) is 65.2 Å². The van der Waals surface area contributed by atoms with E-state index in [0.29, 0.717) is 18.3 Å². The van der Waals surface area contributed by atoms with Crippen molar-refractivity contribution in [2.24, 2.45) is 22.7 Å². The second-order valence-corrected chi connectivity index (χ2v) is 9.63. The number of hydrogen-bond acceptors (Lipinski definition) is 3. The zero-order valence-corrected chi connectivity index (χ0v) is 15.6. The number of halogens is 1. The molecule has 4 aliphatic carbocycles. The van der Waals surface area contributed by atoms with Crippen molar-refractivity contribution in [2.45, 2.75) is 77.0 Å². The van der Waals surface area contributed by atoms with Crippen molar-refractivity contribution in [3.8, 4) is 0 Å². The Kier molecular flexibility index (Phi) is 3.26. The standard InChI is InChI=1S/C22H27FO3/c1-20-8-5-14(24)11-13(20)3-4-15-16(20)6-9-21(2)17(15)7-10-22(21)12-18(23)19(25)26-22/h6,11,15,17-18H,3-5,7-10,12H2,1-2H3/t15?,17?,18?,20?,21?,22-/m1/s1. The maximum Gasteiger partial charge on any atom is 0.341 e. The predicted octanol–water partition coefficient (Wildman–Crippen LogP) is 4.46. The first-order valence-corrected chi connectivity index (χ1v) is 10.1. The number of esters is 1. The van der Waals surface area contributed by atoms with Crippen molar-refractivity contribution in [3.63, 3.8) is 0 Å². The van der Waals surface area contributed by atoms with Gasteiger partial charge in [0, 0.05) is 23.7 Å².